The van der Waals surface area contributed by atoms with E-state index in [1.54, 1.807) is 13.8 Å². The number of fused-ring (bicyclic) bond motifs is 3. The highest BCUT2D eigenvalue weighted by atomic mass is 16.5. The highest BCUT2D eigenvalue weighted by Gasteiger charge is 2.34. The average molecular weight is 424 g/mol. The average Bonchev–Trinajstić information content (AvgIpc) is 3.08. The van der Waals surface area contributed by atoms with Crippen LogP contribution in [0.15, 0.2) is 48.5 Å². The molecule has 2 amide bonds. The van der Waals surface area contributed by atoms with Gasteiger partial charge in [-0.05, 0) is 42.0 Å². The second kappa shape index (κ2) is 9.64. The largest absolute Gasteiger partial charge is 0.481 e. The van der Waals surface area contributed by atoms with Crippen molar-refractivity contribution in [3.63, 3.8) is 0 Å². The van der Waals surface area contributed by atoms with Gasteiger partial charge in [0.25, 0.3) is 0 Å². The van der Waals surface area contributed by atoms with Gasteiger partial charge >= 0.3 is 12.1 Å². The zero-order valence-electron chi connectivity index (χ0n) is 17.8. The third-order valence-corrected chi connectivity index (χ3v) is 5.78. The molecule has 3 rings (SSSR count). The molecule has 0 aromatic heterocycles. The zero-order valence-corrected chi connectivity index (χ0v) is 17.8. The first-order valence-electron chi connectivity index (χ1n) is 10.5. The van der Waals surface area contributed by atoms with Crippen LogP contribution in [0.5, 0.6) is 0 Å². The van der Waals surface area contributed by atoms with Gasteiger partial charge in [-0.1, -0.05) is 55.5 Å². The van der Waals surface area contributed by atoms with E-state index in [-0.39, 0.29) is 31.4 Å². The van der Waals surface area contributed by atoms with E-state index in [4.69, 9.17) is 9.84 Å². The zero-order chi connectivity index (χ0) is 22.4. The second-order valence-electron chi connectivity index (χ2n) is 7.89. The van der Waals surface area contributed by atoms with Crippen LogP contribution in [0.1, 0.15) is 50.2 Å². The highest BCUT2D eigenvalue weighted by Crippen LogP contribution is 2.44. The van der Waals surface area contributed by atoms with Gasteiger partial charge in [0.1, 0.15) is 12.1 Å². The Balaban J connectivity index is 1.60. The Hall–Kier alpha value is -3.35. The van der Waals surface area contributed by atoms with Gasteiger partial charge in [0, 0.05) is 18.9 Å². The Morgan fingerprint density at radius 1 is 1.03 bits per heavy atom. The molecule has 1 aliphatic carbocycles. The minimum Gasteiger partial charge on any atom is -0.481 e. The predicted molar refractivity (Wildman–Crippen MR) is 117 cm³/mol. The van der Waals surface area contributed by atoms with Gasteiger partial charge in [-0.15, -0.1) is 0 Å². The third kappa shape index (κ3) is 5.05. The van der Waals surface area contributed by atoms with Gasteiger partial charge in [-0.25, -0.2) is 4.79 Å². The van der Waals surface area contributed by atoms with Crippen molar-refractivity contribution in [3.05, 3.63) is 59.7 Å². The number of benzene rings is 2. The summed E-state index contributed by atoms with van der Waals surface area (Å²) < 4.78 is 5.54. The lowest BCUT2D eigenvalue weighted by Crippen LogP contribution is -2.56. The number of carboxylic acid groups (broad SMARTS) is 1. The molecule has 31 heavy (non-hydrogen) atoms. The minimum atomic E-state index is -1.15. The maximum Gasteiger partial charge on any atom is 0.408 e. The van der Waals surface area contributed by atoms with Crippen LogP contribution in [0.4, 0.5) is 4.79 Å². The number of nitrogens with one attached hydrogen (secondary N) is 2. The van der Waals surface area contributed by atoms with Crippen LogP contribution in [0, 0.1) is 0 Å². The fraction of sp³-hybridized carbons (Fsp3) is 0.375. The van der Waals surface area contributed by atoms with Crippen molar-refractivity contribution < 1.29 is 24.2 Å². The van der Waals surface area contributed by atoms with Gasteiger partial charge in [0.05, 0.1) is 0 Å². The number of aliphatic carboxylic acids is 1. The van der Waals surface area contributed by atoms with E-state index in [0.29, 0.717) is 12.8 Å². The summed E-state index contributed by atoms with van der Waals surface area (Å²) in [6.07, 6.45) is 0.00311. The maximum absolute atomic E-state index is 12.5. The van der Waals surface area contributed by atoms with Crippen LogP contribution in [0.25, 0.3) is 11.1 Å². The molecule has 1 atom stereocenters. The minimum absolute atomic E-state index is 0.0249. The Kier molecular flexibility index (Phi) is 6.95. The number of carboxylic acids is 1. The number of hydrogen-bond donors (Lipinski definition) is 3. The summed E-state index contributed by atoms with van der Waals surface area (Å²) in [6.45, 7) is 3.81. The Morgan fingerprint density at radius 3 is 2.16 bits per heavy atom. The normalized spacial score (nSPS) is 14.1. The van der Waals surface area contributed by atoms with E-state index in [1.807, 2.05) is 36.4 Å². The smallest absolute Gasteiger partial charge is 0.408 e. The van der Waals surface area contributed by atoms with Crippen LogP contribution in [-0.4, -0.2) is 41.8 Å². The number of amides is 2. The van der Waals surface area contributed by atoms with E-state index in [1.165, 1.54) is 0 Å². The highest BCUT2D eigenvalue weighted by molar-refractivity contribution is 5.89. The standard InChI is InChI=1S/C24H28N2O5/c1-3-24(2,22(29)25-14-8-13-21(27)28)26-23(30)31-15-20-18-11-6-4-9-16(18)17-10-5-7-12-19(17)20/h4-7,9-12,20H,3,8,13-15H2,1-2H3,(H,25,29)(H,26,30)(H,27,28). The SMILES string of the molecule is CCC(C)(NC(=O)OCC1c2ccccc2-c2ccccc21)C(=O)NCCCC(=O)O. The molecule has 0 heterocycles. The molecule has 0 bridgehead atoms. The van der Waals surface area contributed by atoms with Crippen molar-refractivity contribution in [3.8, 4) is 11.1 Å². The summed E-state index contributed by atoms with van der Waals surface area (Å²) in [5, 5.41) is 14.0. The topological polar surface area (TPSA) is 105 Å². The molecule has 2 aromatic rings. The van der Waals surface area contributed by atoms with E-state index in [0.717, 1.165) is 22.3 Å². The first-order valence-corrected chi connectivity index (χ1v) is 10.5. The monoisotopic (exact) mass is 424 g/mol. The Labute approximate surface area is 181 Å². The number of alkyl carbamates (subject to hydrolysis) is 1. The fourth-order valence-electron chi connectivity index (χ4n) is 3.80. The lowest BCUT2D eigenvalue weighted by atomic mass is 9.97. The molecule has 1 unspecified atom stereocenters. The van der Waals surface area contributed by atoms with E-state index in [9.17, 15) is 14.4 Å². The maximum atomic E-state index is 12.5. The fourth-order valence-corrected chi connectivity index (χ4v) is 3.80. The molecule has 2 aromatic carbocycles. The number of carbonyl (C=O) groups is 3. The summed E-state index contributed by atoms with van der Waals surface area (Å²) in [6, 6.07) is 16.2. The predicted octanol–water partition coefficient (Wildman–Crippen LogP) is 3.67. The molecule has 7 nitrogen and oxygen atoms in total. The van der Waals surface area contributed by atoms with Crippen molar-refractivity contribution in [1.82, 2.24) is 10.6 Å². The molecule has 0 saturated carbocycles. The van der Waals surface area contributed by atoms with Crippen LogP contribution in [0.2, 0.25) is 0 Å². The quantitative estimate of drug-likeness (QED) is 0.533. The van der Waals surface area contributed by atoms with Crippen molar-refractivity contribution >= 4 is 18.0 Å². The summed E-state index contributed by atoms with van der Waals surface area (Å²) in [7, 11) is 0. The third-order valence-electron chi connectivity index (χ3n) is 5.78. The van der Waals surface area contributed by atoms with Crippen molar-refractivity contribution in [2.75, 3.05) is 13.2 Å². The molecule has 7 heteroatoms. The summed E-state index contributed by atoms with van der Waals surface area (Å²) >= 11 is 0. The molecule has 0 radical (unpaired) electrons. The van der Waals surface area contributed by atoms with Gasteiger partial charge in [0.15, 0.2) is 0 Å². The summed E-state index contributed by atoms with van der Waals surface area (Å²) in [5.41, 5.74) is 3.38. The van der Waals surface area contributed by atoms with Crippen molar-refractivity contribution in [2.24, 2.45) is 0 Å². The molecule has 0 spiro atoms. The second-order valence-corrected chi connectivity index (χ2v) is 7.89. The molecule has 0 fully saturated rings. The number of rotatable bonds is 9. The first kappa shape index (κ1) is 22.3. The number of hydrogen-bond acceptors (Lipinski definition) is 4. The van der Waals surface area contributed by atoms with Crippen molar-refractivity contribution in [2.45, 2.75) is 44.6 Å². The Bertz CT molecular complexity index is 928. The Morgan fingerprint density at radius 2 is 1.61 bits per heavy atom. The molecule has 164 valence electrons. The van der Waals surface area contributed by atoms with Crippen LogP contribution in [0.3, 0.4) is 0 Å². The summed E-state index contributed by atoms with van der Waals surface area (Å²) in [5.74, 6) is -1.34. The molecule has 0 aliphatic heterocycles. The van der Waals surface area contributed by atoms with Gasteiger partial charge in [-0.3, -0.25) is 9.59 Å². The number of carbonyl (C=O) groups excluding carboxylic acids is 2. The van der Waals surface area contributed by atoms with E-state index >= 15 is 0 Å². The lowest BCUT2D eigenvalue weighted by Gasteiger charge is -2.28. The molecule has 0 saturated heterocycles. The lowest BCUT2D eigenvalue weighted by molar-refractivity contribution is -0.137. The molecule has 3 N–H and O–H groups in total. The van der Waals surface area contributed by atoms with Gasteiger partial charge in [0.2, 0.25) is 5.91 Å². The van der Waals surface area contributed by atoms with Gasteiger partial charge < -0.3 is 20.5 Å². The van der Waals surface area contributed by atoms with Crippen LogP contribution >= 0.6 is 0 Å². The van der Waals surface area contributed by atoms with E-state index in [2.05, 4.69) is 22.8 Å². The molecular weight excluding hydrogens is 396 g/mol. The van der Waals surface area contributed by atoms with E-state index < -0.39 is 17.6 Å². The summed E-state index contributed by atoms with van der Waals surface area (Å²) in [4.78, 5) is 35.7. The van der Waals surface area contributed by atoms with Crippen LogP contribution in [-0.2, 0) is 14.3 Å². The van der Waals surface area contributed by atoms with Crippen molar-refractivity contribution in [1.29, 1.82) is 0 Å². The molecule has 1 aliphatic rings. The number of ether oxygens (including phenoxy) is 1. The van der Waals surface area contributed by atoms with Gasteiger partial charge in [-0.2, -0.15) is 0 Å². The first-order chi connectivity index (χ1) is 14.9. The molecular formula is C24H28N2O5. The van der Waals surface area contributed by atoms with Crippen LogP contribution < -0.4 is 10.6 Å².